The zero-order valence-corrected chi connectivity index (χ0v) is 17.2. The average molecular weight is 395 g/mol. The lowest BCUT2D eigenvalue weighted by molar-refractivity contribution is -0.149. The lowest BCUT2D eigenvalue weighted by Gasteiger charge is -2.32. The maximum Gasteiger partial charge on any atom is 0.310 e. The lowest BCUT2D eigenvalue weighted by atomic mass is 9.98. The highest BCUT2D eigenvalue weighted by Gasteiger charge is 2.27. The second-order valence-corrected chi connectivity index (χ2v) is 7.84. The molecule has 5 nitrogen and oxygen atoms in total. The third kappa shape index (κ3) is 4.73. The van der Waals surface area contributed by atoms with Crippen molar-refractivity contribution in [3.8, 4) is 11.5 Å². The highest BCUT2D eigenvalue weighted by molar-refractivity contribution is 5.72. The fraction of sp³-hybridized carbons (Fsp3) is 0.458. The number of carbonyl (C=O) groups excluding carboxylic acids is 1. The second-order valence-electron chi connectivity index (χ2n) is 7.84. The van der Waals surface area contributed by atoms with Crippen molar-refractivity contribution in [2.24, 2.45) is 5.92 Å². The van der Waals surface area contributed by atoms with Gasteiger partial charge in [0.1, 0.15) is 5.75 Å². The first-order valence-corrected chi connectivity index (χ1v) is 10.7. The number of nitrogens with zero attached hydrogens (tertiary/aromatic N) is 2. The molecule has 29 heavy (non-hydrogen) atoms. The summed E-state index contributed by atoms with van der Waals surface area (Å²) >= 11 is 0. The van der Waals surface area contributed by atoms with Gasteiger partial charge in [-0.05, 0) is 57.5 Å². The van der Waals surface area contributed by atoms with Crippen LogP contribution in [0.4, 0.5) is 5.69 Å². The van der Waals surface area contributed by atoms with E-state index in [-0.39, 0.29) is 11.9 Å². The fourth-order valence-corrected chi connectivity index (χ4v) is 4.34. The Morgan fingerprint density at radius 3 is 2.76 bits per heavy atom. The van der Waals surface area contributed by atoms with Crippen LogP contribution in [0.2, 0.25) is 0 Å². The zero-order chi connectivity index (χ0) is 20.1. The van der Waals surface area contributed by atoms with Crippen LogP contribution in [0.1, 0.15) is 31.7 Å². The molecule has 0 spiro atoms. The van der Waals surface area contributed by atoms with E-state index >= 15 is 0 Å². The molecule has 0 unspecified atom stereocenters. The number of ether oxygens (including phenoxy) is 2. The number of anilines is 1. The van der Waals surface area contributed by atoms with Gasteiger partial charge in [-0.25, -0.2) is 0 Å². The van der Waals surface area contributed by atoms with E-state index in [9.17, 15) is 4.79 Å². The molecule has 1 fully saturated rings. The number of esters is 1. The van der Waals surface area contributed by atoms with E-state index in [1.54, 1.807) is 0 Å². The van der Waals surface area contributed by atoms with Crippen LogP contribution in [-0.2, 0) is 16.1 Å². The van der Waals surface area contributed by atoms with Crippen LogP contribution in [-0.4, -0.2) is 43.7 Å². The van der Waals surface area contributed by atoms with Crippen molar-refractivity contribution in [2.75, 3.05) is 37.7 Å². The van der Waals surface area contributed by atoms with Crippen LogP contribution < -0.4 is 9.64 Å². The average Bonchev–Trinajstić information content (AvgIpc) is 2.91. The van der Waals surface area contributed by atoms with E-state index in [2.05, 4.69) is 34.1 Å². The zero-order valence-electron chi connectivity index (χ0n) is 17.2. The third-order valence-corrected chi connectivity index (χ3v) is 5.79. The third-order valence-electron chi connectivity index (χ3n) is 5.79. The largest absolute Gasteiger partial charge is 0.466 e. The number of fused-ring (bicyclic) bond motifs is 2. The molecule has 5 heteroatoms. The molecule has 0 radical (unpaired) electrons. The van der Waals surface area contributed by atoms with Crippen molar-refractivity contribution in [1.29, 1.82) is 0 Å². The number of benzene rings is 2. The van der Waals surface area contributed by atoms with Gasteiger partial charge in [-0.2, -0.15) is 0 Å². The fourth-order valence-electron chi connectivity index (χ4n) is 4.34. The molecule has 2 aromatic carbocycles. The lowest BCUT2D eigenvalue weighted by Crippen LogP contribution is -2.40. The summed E-state index contributed by atoms with van der Waals surface area (Å²) in [6.45, 7) is 7.03. The monoisotopic (exact) mass is 394 g/mol. The standard InChI is InChI=1S/C24H30N2O3/c1-2-28-24(27)20-10-7-14-25(17-20)15-8-16-26-18-19-9-3-5-12-22(19)29-23-13-6-4-11-21(23)26/h3-6,9,11-13,20H,2,7-8,10,14-18H2,1H3/t20-/m1/s1. The SMILES string of the molecule is CCOC(=O)[C@@H]1CCCN(CCCN2Cc3ccccc3Oc3ccccc32)C1. The summed E-state index contributed by atoms with van der Waals surface area (Å²) in [6.07, 6.45) is 3.06. The highest BCUT2D eigenvalue weighted by atomic mass is 16.5. The van der Waals surface area contributed by atoms with Crippen LogP contribution >= 0.6 is 0 Å². The van der Waals surface area contributed by atoms with Crippen LogP contribution in [0.5, 0.6) is 11.5 Å². The molecule has 2 aliphatic heterocycles. The number of hydrogen-bond acceptors (Lipinski definition) is 5. The Kier molecular flexibility index (Phi) is 6.35. The molecule has 0 bridgehead atoms. The molecule has 2 aliphatic rings. The summed E-state index contributed by atoms with van der Waals surface area (Å²) in [5.41, 5.74) is 2.36. The van der Waals surface area contributed by atoms with Gasteiger partial charge in [0, 0.05) is 25.2 Å². The maximum atomic E-state index is 12.1. The van der Waals surface area contributed by atoms with Gasteiger partial charge in [-0.15, -0.1) is 0 Å². The molecule has 0 N–H and O–H groups in total. The predicted molar refractivity (Wildman–Crippen MR) is 114 cm³/mol. The molecule has 0 saturated carbocycles. The minimum Gasteiger partial charge on any atom is -0.466 e. The van der Waals surface area contributed by atoms with Crippen molar-refractivity contribution >= 4 is 11.7 Å². The van der Waals surface area contributed by atoms with Crippen LogP contribution in [0, 0.1) is 5.92 Å². The van der Waals surface area contributed by atoms with Gasteiger partial charge in [0.15, 0.2) is 5.75 Å². The molecular weight excluding hydrogens is 364 g/mol. The van der Waals surface area contributed by atoms with Gasteiger partial charge in [0.2, 0.25) is 0 Å². The first kappa shape index (κ1) is 19.8. The van der Waals surface area contributed by atoms with E-state index in [1.807, 2.05) is 31.2 Å². The molecule has 0 aromatic heterocycles. The van der Waals surface area contributed by atoms with Crippen molar-refractivity contribution in [3.05, 3.63) is 54.1 Å². The summed E-state index contributed by atoms with van der Waals surface area (Å²) in [6, 6.07) is 16.5. The van der Waals surface area contributed by atoms with Crippen LogP contribution in [0.3, 0.4) is 0 Å². The van der Waals surface area contributed by atoms with Crippen molar-refractivity contribution in [2.45, 2.75) is 32.7 Å². The van der Waals surface area contributed by atoms with E-state index < -0.39 is 0 Å². The number of piperidine rings is 1. The van der Waals surface area contributed by atoms with Crippen LogP contribution in [0.15, 0.2) is 48.5 Å². The number of rotatable bonds is 6. The molecule has 2 aromatic rings. The second kappa shape index (κ2) is 9.31. The van der Waals surface area contributed by atoms with E-state index in [0.717, 1.165) is 69.2 Å². The van der Waals surface area contributed by atoms with Gasteiger partial charge < -0.3 is 19.3 Å². The summed E-state index contributed by atoms with van der Waals surface area (Å²) < 4.78 is 11.4. The van der Waals surface area contributed by atoms with Crippen LogP contribution in [0.25, 0.3) is 0 Å². The normalized spacial score (nSPS) is 18.9. The summed E-state index contributed by atoms with van der Waals surface area (Å²) in [4.78, 5) is 16.9. The molecule has 154 valence electrons. The number of carbonyl (C=O) groups is 1. The smallest absolute Gasteiger partial charge is 0.310 e. The Labute approximate surface area is 173 Å². The predicted octanol–water partition coefficient (Wildman–Crippen LogP) is 4.46. The van der Waals surface area contributed by atoms with Crippen molar-refractivity contribution < 1.29 is 14.3 Å². The molecule has 0 amide bonds. The Balaban J connectivity index is 1.38. The Morgan fingerprint density at radius 1 is 1.10 bits per heavy atom. The van der Waals surface area contributed by atoms with Gasteiger partial charge in [0.05, 0.1) is 18.2 Å². The first-order valence-electron chi connectivity index (χ1n) is 10.7. The topological polar surface area (TPSA) is 42.0 Å². The van der Waals surface area contributed by atoms with E-state index in [0.29, 0.717) is 6.61 Å². The number of hydrogen-bond donors (Lipinski definition) is 0. The minimum atomic E-state index is -0.0348. The van der Waals surface area contributed by atoms with Crippen molar-refractivity contribution in [3.63, 3.8) is 0 Å². The van der Waals surface area contributed by atoms with Gasteiger partial charge in [0.25, 0.3) is 0 Å². The minimum absolute atomic E-state index is 0.0305. The quantitative estimate of drug-likeness (QED) is 0.677. The van der Waals surface area contributed by atoms with E-state index in [1.165, 1.54) is 5.56 Å². The summed E-state index contributed by atoms with van der Waals surface area (Å²) in [7, 11) is 0. The summed E-state index contributed by atoms with van der Waals surface area (Å²) in [5.74, 6) is 1.85. The molecule has 1 saturated heterocycles. The molecule has 2 heterocycles. The van der Waals surface area contributed by atoms with Gasteiger partial charge in [-0.3, -0.25) is 4.79 Å². The van der Waals surface area contributed by atoms with Gasteiger partial charge >= 0.3 is 5.97 Å². The Morgan fingerprint density at radius 2 is 1.90 bits per heavy atom. The first-order chi connectivity index (χ1) is 14.2. The maximum absolute atomic E-state index is 12.1. The van der Waals surface area contributed by atoms with Gasteiger partial charge in [-0.1, -0.05) is 30.3 Å². The molecule has 0 aliphatic carbocycles. The molecular formula is C24H30N2O3. The highest BCUT2D eigenvalue weighted by Crippen LogP contribution is 2.38. The number of likely N-dealkylation sites (tertiary alicyclic amines) is 1. The molecule has 1 atom stereocenters. The molecule has 4 rings (SSSR count). The van der Waals surface area contributed by atoms with Crippen molar-refractivity contribution in [1.82, 2.24) is 4.90 Å². The Hall–Kier alpha value is -2.53. The summed E-state index contributed by atoms with van der Waals surface area (Å²) in [5, 5.41) is 0. The Bertz CT molecular complexity index is 838. The van der Waals surface area contributed by atoms with E-state index in [4.69, 9.17) is 9.47 Å². The number of para-hydroxylation sites is 3.